The lowest BCUT2D eigenvalue weighted by molar-refractivity contribution is 0.587. The van der Waals surface area contributed by atoms with Crippen LogP contribution in [0.15, 0.2) is 89.3 Å². The summed E-state index contributed by atoms with van der Waals surface area (Å²) in [4.78, 5) is 25.8. The Labute approximate surface area is 143 Å². The summed E-state index contributed by atoms with van der Waals surface area (Å²) < 4.78 is 11.0. The lowest BCUT2D eigenvalue weighted by atomic mass is 10.2. The predicted octanol–water partition coefficient (Wildman–Crippen LogP) is 4.70. The van der Waals surface area contributed by atoms with Gasteiger partial charge < -0.3 is 8.83 Å². The Balaban J connectivity index is 1.68. The van der Waals surface area contributed by atoms with Crippen LogP contribution in [0.25, 0.3) is 21.9 Å². The maximum Gasteiger partial charge on any atom is 0.207 e. The largest absolute Gasteiger partial charge is 0.463 e. The van der Waals surface area contributed by atoms with Crippen molar-refractivity contribution in [3.05, 3.63) is 81.5 Å². The second kappa shape index (κ2) is 6.22. The van der Waals surface area contributed by atoms with Crippen molar-refractivity contribution in [1.29, 1.82) is 0 Å². The molecular formula is C18H10O4S2. The number of para-hydroxylation sites is 2. The Kier molecular flexibility index (Phi) is 3.92. The molecule has 118 valence electrons. The molecule has 6 heteroatoms. The summed E-state index contributed by atoms with van der Waals surface area (Å²) in [6, 6.07) is 14.1. The molecule has 0 unspecified atom stereocenters. The quantitative estimate of drug-likeness (QED) is 0.497. The lowest BCUT2D eigenvalue weighted by Gasteiger charge is -2.02. The zero-order valence-corrected chi connectivity index (χ0v) is 13.9. The van der Waals surface area contributed by atoms with E-state index >= 15 is 0 Å². The highest BCUT2D eigenvalue weighted by Crippen LogP contribution is 2.35. The van der Waals surface area contributed by atoms with Gasteiger partial charge in [0, 0.05) is 0 Å². The molecule has 0 atom stereocenters. The molecule has 4 nitrogen and oxygen atoms in total. The van der Waals surface area contributed by atoms with E-state index in [1.807, 2.05) is 12.1 Å². The van der Waals surface area contributed by atoms with Crippen LogP contribution < -0.4 is 10.9 Å². The molecule has 24 heavy (non-hydrogen) atoms. The first-order valence-corrected chi connectivity index (χ1v) is 9.24. The molecule has 0 radical (unpaired) electrons. The van der Waals surface area contributed by atoms with E-state index in [9.17, 15) is 9.59 Å². The first-order valence-electron chi connectivity index (χ1n) is 7.09. The van der Waals surface area contributed by atoms with E-state index in [2.05, 4.69) is 0 Å². The summed E-state index contributed by atoms with van der Waals surface area (Å²) in [6.45, 7) is 0. The molecule has 0 saturated heterocycles. The van der Waals surface area contributed by atoms with E-state index in [1.54, 1.807) is 36.4 Å². The monoisotopic (exact) mass is 354 g/mol. The third-order valence-corrected chi connectivity index (χ3v) is 5.85. The number of hydrogen-bond donors (Lipinski definition) is 0. The van der Waals surface area contributed by atoms with Gasteiger partial charge in [0.05, 0.1) is 10.8 Å². The standard InChI is InChI=1S/C18H10O4S2/c19-17-11-5-1-3-7-13(11)21-9-15(17)23-24-16-10-22-14-8-4-2-6-12(14)18(16)20/h1-10H. The zero-order valence-electron chi connectivity index (χ0n) is 12.2. The van der Waals surface area contributed by atoms with Crippen molar-refractivity contribution in [2.45, 2.75) is 9.79 Å². The molecule has 2 aromatic heterocycles. The van der Waals surface area contributed by atoms with Gasteiger partial charge >= 0.3 is 0 Å². The van der Waals surface area contributed by atoms with Crippen LogP contribution in [-0.2, 0) is 0 Å². The van der Waals surface area contributed by atoms with E-state index in [1.165, 1.54) is 34.1 Å². The number of hydrogen-bond acceptors (Lipinski definition) is 6. The Hall–Kier alpha value is -2.44. The minimum Gasteiger partial charge on any atom is -0.463 e. The molecule has 0 aliphatic heterocycles. The Morgan fingerprint density at radius 2 is 1.04 bits per heavy atom. The first-order chi connectivity index (χ1) is 11.7. The molecule has 2 heterocycles. The fourth-order valence-corrected chi connectivity index (χ4v) is 4.28. The average Bonchev–Trinajstić information content (AvgIpc) is 2.63. The summed E-state index contributed by atoms with van der Waals surface area (Å²) in [5.74, 6) is 0. The summed E-state index contributed by atoms with van der Waals surface area (Å²) in [5, 5.41) is 1.04. The third-order valence-electron chi connectivity index (χ3n) is 3.52. The molecule has 2 aromatic carbocycles. The molecular weight excluding hydrogens is 344 g/mol. The smallest absolute Gasteiger partial charge is 0.207 e. The van der Waals surface area contributed by atoms with Crippen LogP contribution in [0.2, 0.25) is 0 Å². The van der Waals surface area contributed by atoms with Crippen LogP contribution in [0.3, 0.4) is 0 Å². The van der Waals surface area contributed by atoms with E-state index in [0.29, 0.717) is 31.7 Å². The van der Waals surface area contributed by atoms with Crippen LogP contribution in [0.1, 0.15) is 0 Å². The minimum absolute atomic E-state index is 0.112. The maximum atomic E-state index is 12.5. The van der Waals surface area contributed by atoms with Gasteiger partial charge in [0.15, 0.2) is 0 Å². The topological polar surface area (TPSA) is 60.4 Å². The fraction of sp³-hybridized carbons (Fsp3) is 0. The Morgan fingerprint density at radius 3 is 1.50 bits per heavy atom. The SMILES string of the molecule is O=c1c(SSc2coc3ccccc3c2=O)coc2ccccc12. The molecule has 0 aliphatic rings. The zero-order chi connectivity index (χ0) is 16.5. The van der Waals surface area contributed by atoms with E-state index in [0.717, 1.165) is 0 Å². The van der Waals surface area contributed by atoms with Gasteiger partial charge in [-0.2, -0.15) is 0 Å². The van der Waals surface area contributed by atoms with Crippen molar-refractivity contribution in [2.24, 2.45) is 0 Å². The highest BCUT2D eigenvalue weighted by Gasteiger charge is 2.11. The van der Waals surface area contributed by atoms with E-state index in [4.69, 9.17) is 8.83 Å². The molecule has 0 N–H and O–H groups in total. The van der Waals surface area contributed by atoms with Gasteiger partial charge in [0.1, 0.15) is 33.5 Å². The molecule has 0 spiro atoms. The van der Waals surface area contributed by atoms with Gasteiger partial charge in [-0.15, -0.1) is 0 Å². The number of fused-ring (bicyclic) bond motifs is 2. The highest BCUT2D eigenvalue weighted by atomic mass is 33.1. The van der Waals surface area contributed by atoms with Gasteiger partial charge in [-0.1, -0.05) is 24.3 Å². The predicted molar refractivity (Wildman–Crippen MR) is 96.7 cm³/mol. The van der Waals surface area contributed by atoms with Crippen molar-refractivity contribution in [3.8, 4) is 0 Å². The molecule has 0 aliphatic carbocycles. The first kappa shape index (κ1) is 15.1. The Bertz CT molecular complexity index is 1070. The van der Waals surface area contributed by atoms with E-state index in [-0.39, 0.29) is 10.9 Å². The van der Waals surface area contributed by atoms with Crippen molar-refractivity contribution < 1.29 is 8.83 Å². The van der Waals surface area contributed by atoms with Gasteiger partial charge in [0.25, 0.3) is 0 Å². The molecule has 4 aromatic rings. The van der Waals surface area contributed by atoms with Gasteiger partial charge in [-0.25, -0.2) is 0 Å². The van der Waals surface area contributed by atoms with Crippen LogP contribution in [0.5, 0.6) is 0 Å². The summed E-state index contributed by atoms with van der Waals surface area (Å²) in [6.07, 6.45) is 2.84. The van der Waals surface area contributed by atoms with Crippen molar-refractivity contribution in [3.63, 3.8) is 0 Å². The van der Waals surface area contributed by atoms with Gasteiger partial charge in [-0.3, -0.25) is 9.59 Å². The third kappa shape index (κ3) is 2.64. The second-order valence-electron chi connectivity index (χ2n) is 5.02. The molecule has 0 bridgehead atoms. The van der Waals surface area contributed by atoms with Crippen molar-refractivity contribution in [2.75, 3.05) is 0 Å². The van der Waals surface area contributed by atoms with Crippen LogP contribution >= 0.6 is 21.6 Å². The summed E-state index contributed by atoms with van der Waals surface area (Å²) >= 11 is 0. The summed E-state index contributed by atoms with van der Waals surface area (Å²) in [5.41, 5.74) is 0.864. The van der Waals surface area contributed by atoms with Crippen LogP contribution in [0.4, 0.5) is 0 Å². The Morgan fingerprint density at radius 1 is 0.625 bits per heavy atom. The fourth-order valence-electron chi connectivity index (χ4n) is 2.33. The number of benzene rings is 2. The maximum absolute atomic E-state index is 12.5. The number of rotatable bonds is 3. The van der Waals surface area contributed by atoms with Crippen LogP contribution in [0, 0.1) is 0 Å². The lowest BCUT2D eigenvalue weighted by Crippen LogP contribution is -2.04. The van der Waals surface area contributed by atoms with E-state index < -0.39 is 0 Å². The molecule has 4 rings (SSSR count). The van der Waals surface area contributed by atoms with Gasteiger partial charge in [0.2, 0.25) is 10.9 Å². The normalized spacial score (nSPS) is 11.2. The summed E-state index contributed by atoms with van der Waals surface area (Å²) in [7, 11) is 2.38. The van der Waals surface area contributed by atoms with Crippen molar-refractivity contribution in [1.82, 2.24) is 0 Å². The molecule has 0 amide bonds. The highest BCUT2D eigenvalue weighted by molar-refractivity contribution is 8.76. The molecule has 0 fully saturated rings. The second-order valence-corrected chi connectivity index (χ2v) is 7.23. The minimum atomic E-state index is -0.112. The average molecular weight is 354 g/mol. The molecule has 0 saturated carbocycles. The van der Waals surface area contributed by atoms with Crippen molar-refractivity contribution >= 4 is 43.5 Å². The van der Waals surface area contributed by atoms with Gasteiger partial charge in [-0.05, 0) is 45.9 Å². The van der Waals surface area contributed by atoms with Crippen LogP contribution in [-0.4, -0.2) is 0 Å².